The summed E-state index contributed by atoms with van der Waals surface area (Å²) in [5.74, 6) is 5.83. The minimum atomic E-state index is -0.336. The van der Waals surface area contributed by atoms with E-state index in [1.807, 2.05) is 24.3 Å². The lowest BCUT2D eigenvalue weighted by atomic mass is 10.2. The molecule has 0 aliphatic carbocycles. The molecule has 2 heterocycles. The second-order valence-corrected chi connectivity index (χ2v) is 5.36. The fourth-order valence-electron chi connectivity index (χ4n) is 2.44. The largest absolute Gasteiger partial charge is 0.480 e. The summed E-state index contributed by atoms with van der Waals surface area (Å²) in [6.45, 7) is 1.15. The lowest BCUT2D eigenvalue weighted by Crippen LogP contribution is -2.24. The first kappa shape index (κ1) is 17.3. The molecule has 132 valence electrons. The molecule has 7 heteroatoms. The Morgan fingerprint density at radius 3 is 2.85 bits per heavy atom. The summed E-state index contributed by atoms with van der Waals surface area (Å²) in [5.41, 5.74) is 1.92. The summed E-state index contributed by atoms with van der Waals surface area (Å²) in [6, 6.07) is 10.6. The van der Waals surface area contributed by atoms with Crippen LogP contribution in [0.25, 0.3) is 0 Å². The van der Waals surface area contributed by atoms with Gasteiger partial charge < -0.3 is 14.8 Å². The van der Waals surface area contributed by atoms with Crippen LogP contribution >= 0.6 is 0 Å². The van der Waals surface area contributed by atoms with Gasteiger partial charge in [0.15, 0.2) is 0 Å². The first-order valence-corrected chi connectivity index (χ1v) is 7.99. The van der Waals surface area contributed by atoms with Gasteiger partial charge in [-0.25, -0.2) is 9.78 Å². The molecule has 1 saturated heterocycles. The Bertz CT molecular complexity index is 868. The quantitative estimate of drug-likeness (QED) is 0.850. The van der Waals surface area contributed by atoms with Gasteiger partial charge in [0.2, 0.25) is 5.88 Å². The number of amides is 2. The van der Waals surface area contributed by atoms with Crippen LogP contribution in [0.5, 0.6) is 5.88 Å². The van der Waals surface area contributed by atoms with Crippen LogP contribution in [-0.2, 0) is 4.74 Å². The summed E-state index contributed by atoms with van der Waals surface area (Å²) in [5, 5.41) is 2.70. The highest BCUT2D eigenvalue weighted by molar-refractivity contribution is 5.96. The molecule has 0 unspecified atom stereocenters. The summed E-state index contributed by atoms with van der Waals surface area (Å²) in [4.78, 5) is 29.2. The highest BCUT2D eigenvalue weighted by Gasteiger charge is 2.23. The molecule has 0 atom stereocenters. The second-order valence-electron chi connectivity index (χ2n) is 5.36. The van der Waals surface area contributed by atoms with E-state index in [2.05, 4.69) is 22.1 Å². The Hall–Kier alpha value is -3.53. The number of cyclic esters (lactones) is 1. The maximum absolute atomic E-state index is 12.1. The van der Waals surface area contributed by atoms with Crippen molar-refractivity contribution in [2.24, 2.45) is 0 Å². The van der Waals surface area contributed by atoms with Crippen molar-refractivity contribution in [1.82, 2.24) is 10.3 Å². The molecule has 26 heavy (non-hydrogen) atoms. The molecule has 1 aromatic carbocycles. The van der Waals surface area contributed by atoms with Gasteiger partial charge in [0.1, 0.15) is 12.2 Å². The zero-order valence-electron chi connectivity index (χ0n) is 14.2. The van der Waals surface area contributed by atoms with Crippen LogP contribution < -0.4 is 15.0 Å². The predicted molar refractivity (Wildman–Crippen MR) is 95.1 cm³/mol. The van der Waals surface area contributed by atoms with Crippen LogP contribution in [0.1, 0.15) is 15.9 Å². The van der Waals surface area contributed by atoms with E-state index in [9.17, 15) is 9.59 Å². The van der Waals surface area contributed by atoms with Crippen molar-refractivity contribution >= 4 is 17.7 Å². The van der Waals surface area contributed by atoms with Gasteiger partial charge in [0, 0.05) is 17.4 Å². The highest BCUT2D eigenvalue weighted by Crippen LogP contribution is 2.18. The van der Waals surface area contributed by atoms with Crippen LogP contribution in [0, 0.1) is 11.8 Å². The first-order valence-electron chi connectivity index (χ1n) is 7.99. The molecule has 0 spiro atoms. The van der Waals surface area contributed by atoms with Gasteiger partial charge in [0.25, 0.3) is 5.91 Å². The molecule has 2 amide bonds. The Balaban J connectivity index is 1.56. The molecule has 1 aliphatic rings. The highest BCUT2D eigenvalue weighted by atomic mass is 16.6. The van der Waals surface area contributed by atoms with Crippen LogP contribution in [-0.4, -0.2) is 43.8 Å². The number of nitrogens with one attached hydrogen (secondary N) is 1. The second kappa shape index (κ2) is 8.03. The normalized spacial score (nSPS) is 12.8. The monoisotopic (exact) mass is 351 g/mol. The van der Waals surface area contributed by atoms with Crippen LogP contribution in [0.15, 0.2) is 42.6 Å². The number of anilines is 1. The van der Waals surface area contributed by atoms with Crippen LogP contribution in [0.3, 0.4) is 0 Å². The summed E-state index contributed by atoms with van der Waals surface area (Å²) in [7, 11) is 1.46. The van der Waals surface area contributed by atoms with E-state index in [4.69, 9.17) is 9.47 Å². The zero-order chi connectivity index (χ0) is 18.4. The standard InChI is InChI=1S/C19H17N3O4/c1-25-18-16(5-3-11-21-18)17(23)20-10-2-4-14-6-8-15(9-7-14)22-12-13-26-19(22)24/h3,5-9,11H,10,12-13H2,1H3,(H,20,23). The van der Waals surface area contributed by atoms with E-state index in [-0.39, 0.29) is 24.4 Å². The lowest BCUT2D eigenvalue weighted by Gasteiger charge is -2.11. The van der Waals surface area contributed by atoms with E-state index in [1.165, 1.54) is 7.11 Å². The average molecular weight is 351 g/mol. The third-order valence-corrected chi connectivity index (χ3v) is 3.72. The number of ether oxygens (including phenoxy) is 2. The van der Waals surface area contributed by atoms with Crippen molar-refractivity contribution in [2.45, 2.75) is 0 Å². The fraction of sp³-hybridized carbons (Fsp3) is 0.211. The van der Waals surface area contributed by atoms with Gasteiger partial charge in [-0.15, -0.1) is 0 Å². The van der Waals surface area contributed by atoms with E-state index in [0.717, 1.165) is 11.3 Å². The molecule has 1 N–H and O–H groups in total. The maximum atomic E-state index is 12.1. The first-order chi connectivity index (χ1) is 12.7. The molecule has 0 saturated carbocycles. The summed E-state index contributed by atoms with van der Waals surface area (Å²) < 4.78 is 9.97. The van der Waals surface area contributed by atoms with Gasteiger partial charge in [-0.05, 0) is 36.4 Å². The number of hydrogen-bond donors (Lipinski definition) is 1. The number of aromatic nitrogens is 1. The third-order valence-electron chi connectivity index (χ3n) is 3.72. The average Bonchev–Trinajstić information content (AvgIpc) is 3.11. The number of carbonyl (C=O) groups excluding carboxylic acids is 2. The van der Waals surface area contributed by atoms with Gasteiger partial charge >= 0.3 is 6.09 Å². The van der Waals surface area contributed by atoms with Gasteiger partial charge in [-0.2, -0.15) is 0 Å². The van der Waals surface area contributed by atoms with Crippen LogP contribution in [0.4, 0.5) is 10.5 Å². The SMILES string of the molecule is COc1ncccc1C(=O)NCC#Cc1ccc(N2CCOC2=O)cc1. The fourth-order valence-corrected chi connectivity index (χ4v) is 2.44. The van der Waals surface area contributed by atoms with Gasteiger partial charge in [-0.3, -0.25) is 9.69 Å². The van der Waals surface area contributed by atoms with Crippen molar-refractivity contribution < 1.29 is 19.1 Å². The molecular weight excluding hydrogens is 334 g/mol. The molecule has 0 radical (unpaired) electrons. The van der Waals surface area contributed by atoms with Crippen molar-refractivity contribution in [1.29, 1.82) is 0 Å². The minimum absolute atomic E-state index is 0.192. The molecule has 2 aromatic rings. The third kappa shape index (κ3) is 3.92. The molecular formula is C19H17N3O4. The number of carbonyl (C=O) groups is 2. The van der Waals surface area contributed by atoms with Gasteiger partial charge in [0.05, 0.1) is 20.2 Å². The number of hydrogen-bond acceptors (Lipinski definition) is 5. The number of nitrogens with zero attached hydrogens (tertiary/aromatic N) is 2. The Morgan fingerprint density at radius 1 is 1.35 bits per heavy atom. The van der Waals surface area contributed by atoms with Crippen LogP contribution in [0.2, 0.25) is 0 Å². The van der Waals surface area contributed by atoms with E-state index in [0.29, 0.717) is 18.7 Å². The Morgan fingerprint density at radius 2 is 2.15 bits per heavy atom. The summed E-state index contributed by atoms with van der Waals surface area (Å²) in [6.07, 6.45) is 1.22. The number of pyridine rings is 1. The van der Waals surface area contributed by atoms with Gasteiger partial charge in [-0.1, -0.05) is 11.8 Å². The maximum Gasteiger partial charge on any atom is 0.414 e. The predicted octanol–water partition coefficient (Wildman–Crippen LogP) is 1.83. The van der Waals surface area contributed by atoms with Crippen molar-refractivity contribution in [2.75, 3.05) is 31.7 Å². The smallest absolute Gasteiger partial charge is 0.414 e. The number of rotatable bonds is 4. The number of methoxy groups -OCH3 is 1. The topological polar surface area (TPSA) is 80.8 Å². The van der Waals surface area contributed by atoms with E-state index < -0.39 is 0 Å². The molecule has 7 nitrogen and oxygen atoms in total. The van der Waals surface area contributed by atoms with Crippen molar-refractivity contribution in [3.63, 3.8) is 0 Å². The van der Waals surface area contributed by atoms with Crippen molar-refractivity contribution in [3.05, 3.63) is 53.7 Å². The molecule has 1 aliphatic heterocycles. The van der Waals surface area contributed by atoms with Crippen molar-refractivity contribution in [3.8, 4) is 17.7 Å². The zero-order valence-corrected chi connectivity index (χ0v) is 14.2. The Labute approximate surface area is 150 Å². The van der Waals surface area contributed by atoms with E-state index in [1.54, 1.807) is 23.2 Å². The molecule has 3 rings (SSSR count). The molecule has 0 bridgehead atoms. The molecule has 1 fully saturated rings. The summed E-state index contributed by atoms with van der Waals surface area (Å²) >= 11 is 0. The lowest BCUT2D eigenvalue weighted by molar-refractivity contribution is 0.0955. The minimum Gasteiger partial charge on any atom is -0.480 e. The molecule has 1 aromatic heterocycles. The Kier molecular flexibility index (Phi) is 5.34. The number of benzene rings is 1. The van der Waals surface area contributed by atoms with E-state index >= 15 is 0 Å².